The Hall–Kier alpha value is -6.04. The Morgan fingerprint density at radius 1 is 0.883 bits per heavy atom. The van der Waals surface area contributed by atoms with Gasteiger partial charge in [-0.25, -0.2) is 4.79 Å². The van der Waals surface area contributed by atoms with E-state index in [4.69, 9.17) is 28.9 Å². The van der Waals surface area contributed by atoms with Crippen LogP contribution in [-0.2, 0) is 20.9 Å². The number of fused-ring (bicyclic) bond motifs is 3. The molecule has 13 heteroatoms. The van der Waals surface area contributed by atoms with Crippen LogP contribution in [0.3, 0.4) is 0 Å². The Kier molecular flexibility index (Phi) is 21.6. The minimum Gasteiger partial charge on any atom is -0.459 e. The molecule has 13 nitrogen and oxygen atoms in total. The van der Waals surface area contributed by atoms with E-state index in [1.807, 2.05) is 35.2 Å². The maximum atomic E-state index is 15.8. The highest BCUT2D eigenvalue weighted by Gasteiger charge is 2.65. The van der Waals surface area contributed by atoms with Crippen LogP contribution in [0.1, 0.15) is 168 Å². The number of nitrogens with one attached hydrogen (secondary N) is 1. The van der Waals surface area contributed by atoms with Crippen LogP contribution in [0.4, 0.5) is 4.79 Å². The third-order valence-corrected chi connectivity index (χ3v) is 16.2. The summed E-state index contributed by atoms with van der Waals surface area (Å²) in [6, 6.07) is 27.9. The molecule has 0 radical (unpaired) electrons. The topological polar surface area (TPSA) is 172 Å². The summed E-state index contributed by atoms with van der Waals surface area (Å²) in [5.41, 5.74) is 4.14. The number of hydrogen-bond donors (Lipinski definition) is 3. The van der Waals surface area contributed by atoms with Crippen LogP contribution in [-0.4, -0.2) is 83.9 Å². The first kappa shape index (κ1) is 57.1. The van der Waals surface area contributed by atoms with Crippen molar-refractivity contribution in [3.05, 3.63) is 131 Å². The molecule has 3 N–H and O–H groups in total. The van der Waals surface area contributed by atoms with Crippen molar-refractivity contribution in [1.82, 2.24) is 10.2 Å². The van der Waals surface area contributed by atoms with E-state index < -0.39 is 30.1 Å². The minimum atomic E-state index is -1.55. The van der Waals surface area contributed by atoms with Crippen LogP contribution in [0.25, 0.3) is 10.8 Å². The number of aliphatic hydroxyl groups excluding tert-OH is 2. The lowest BCUT2D eigenvalue weighted by molar-refractivity contribution is -0.255. The maximum absolute atomic E-state index is 15.8. The average molecular weight is 1050 g/mol. The lowest BCUT2D eigenvalue weighted by Gasteiger charge is -2.60. The Morgan fingerprint density at radius 2 is 1.62 bits per heavy atom. The van der Waals surface area contributed by atoms with Crippen LogP contribution in [0.5, 0.6) is 11.5 Å². The molecule has 7 atom stereocenters. The van der Waals surface area contributed by atoms with Gasteiger partial charge in [-0.15, -0.1) is 6.58 Å². The van der Waals surface area contributed by atoms with Gasteiger partial charge in [0.1, 0.15) is 17.5 Å². The molecule has 8 rings (SSSR count). The maximum Gasteiger partial charge on any atom is 0.412 e. The second-order valence-corrected chi connectivity index (χ2v) is 21.4. The van der Waals surface area contributed by atoms with Gasteiger partial charge >= 0.3 is 6.09 Å². The molecule has 2 aliphatic heterocycles. The molecule has 4 aromatic rings. The molecule has 2 amide bonds. The first-order chi connectivity index (χ1) is 37.8. The third kappa shape index (κ3) is 14.4. The van der Waals surface area contributed by atoms with Crippen LogP contribution >= 0.6 is 0 Å². The highest BCUT2D eigenvalue weighted by molar-refractivity contribution is 6.03. The summed E-state index contributed by atoms with van der Waals surface area (Å²) in [7, 11) is 0. The van der Waals surface area contributed by atoms with Crippen LogP contribution in [0.15, 0.2) is 114 Å². The Bertz CT molecular complexity index is 2650. The van der Waals surface area contributed by atoms with Crippen molar-refractivity contribution in [1.29, 1.82) is 5.26 Å². The highest BCUT2D eigenvalue weighted by atomic mass is 16.8. The van der Waals surface area contributed by atoms with Gasteiger partial charge in [-0.3, -0.25) is 4.79 Å². The fraction of sp³-hybridized carbons (Fsp3) is 0.531. The number of oxime groups is 1. The van der Waals surface area contributed by atoms with Crippen LogP contribution in [0.2, 0.25) is 0 Å². The normalized spacial score (nSPS) is 22.9. The van der Waals surface area contributed by atoms with Gasteiger partial charge in [-0.1, -0.05) is 137 Å². The second kappa shape index (κ2) is 29.1. The number of amides is 2. The molecule has 77 heavy (non-hydrogen) atoms. The Labute approximate surface area is 456 Å². The number of carbonyl (C=O) groups excluding carboxylic acids is 2. The third-order valence-electron chi connectivity index (χ3n) is 16.2. The summed E-state index contributed by atoms with van der Waals surface area (Å²) >= 11 is 0. The van der Waals surface area contributed by atoms with E-state index in [2.05, 4.69) is 55.2 Å². The van der Waals surface area contributed by atoms with Gasteiger partial charge in [-0.05, 0) is 121 Å². The summed E-state index contributed by atoms with van der Waals surface area (Å²) in [6.45, 7) is 7.82. The quantitative estimate of drug-likeness (QED) is 0.0270. The molecule has 1 saturated heterocycles. The number of nitrogens with zero attached hydrogens (tertiary/aromatic N) is 3. The number of ether oxygens (including phenoxy) is 4. The van der Waals surface area contributed by atoms with Crippen molar-refractivity contribution >= 4 is 28.5 Å². The summed E-state index contributed by atoms with van der Waals surface area (Å²) in [4.78, 5) is 37.6. The van der Waals surface area contributed by atoms with Gasteiger partial charge in [-0.2, -0.15) is 5.26 Å². The number of carbonyl (C=O) groups is 2. The van der Waals surface area contributed by atoms with E-state index in [-0.39, 0.29) is 56.4 Å². The summed E-state index contributed by atoms with van der Waals surface area (Å²) in [6.07, 6.45) is 22.0. The number of benzene rings is 4. The first-order valence-corrected chi connectivity index (χ1v) is 28.9. The molecule has 1 unspecified atom stereocenters. The van der Waals surface area contributed by atoms with Gasteiger partial charge in [0.15, 0.2) is 0 Å². The number of unbranched alkanes of at least 4 members (excludes halogenated alkanes) is 11. The molecule has 1 saturated carbocycles. The fourth-order valence-electron chi connectivity index (χ4n) is 12.4. The van der Waals surface area contributed by atoms with E-state index >= 15 is 4.79 Å². The highest BCUT2D eigenvalue weighted by Crippen LogP contribution is 2.62. The molecule has 4 aromatic carbocycles. The standard InChI is InChI=1S/C64H82N4O9/c1-3-5-6-7-8-9-10-11-12-18-36-66-63(72)75-51-34-35-57-55(42-51)60-53(28-16-20-38-70)49(24-15-19-37-69)41-54-56(67-77-59-29-17-21-40-73-59)43-58(64(76-57,61(54)60)74-39-4-2)68(62(71)48-32-30-46(44-65)31-33-48)45-50-26-22-25-47-23-13-14-27-52(47)50/h4,13-14,22-23,25-27,30-35,41-42,49,53,58-61,69-70H,2-3,5-12,15-21,24,28-29,36-40,43,45H2,1H3,(H,66,72)/t49-,53+,58-,59?,60+,61+,64+/m0/s1. The second-order valence-electron chi connectivity index (χ2n) is 21.4. The molecule has 2 fully saturated rings. The average Bonchev–Trinajstić information content (AvgIpc) is 3.65. The predicted octanol–water partition coefficient (Wildman–Crippen LogP) is 13.2. The van der Waals surface area contributed by atoms with Crippen molar-refractivity contribution in [3.8, 4) is 17.6 Å². The summed E-state index contributed by atoms with van der Waals surface area (Å²) in [5.74, 6) is -1.91. The van der Waals surface area contributed by atoms with Gasteiger partial charge in [0, 0.05) is 56.2 Å². The first-order valence-electron chi connectivity index (χ1n) is 28.9. The SMILES string of the molecule is C=CCO[C@@]12Oc3ccc(OC(=O)NCCCCCCCCCCCC)cc3[C@H]3[C@H](CCCCO)[C@@H](CCCCO)C=C(C(=NOC4CCCCO4)C[C@@H]1N(Cc1cccc4ccccc14)C(=O)c1ccc(C#N)cc1)[C@H]32. The smallest absolute Gasteiger partial charge is 0.412 e. The Morgan fingerprint density at radius 3 is 2.35 bits per heavy atom. The van der Waals surface area contributed by atoms with Gasteiger partial charge in [0.25, 0.3) is 5.91 Å². The molecular formula is C64H82N4O9. The largest absolute Gasteiger partial charge is 0.459 e. The van der Waals surface area contributed by atoms with Gasteiger partial charge in [0.05, 0.1) is 36.5 Å². The lowest BCUT2D eigenvalue weighted by atomic mass is 9.55. The van der Waals surface area contributed by atoms with Crippen molar-refractivity contribution in [3.63, 3.8) is 0 Å². The fourth-order valence-corrected chi connectivity index (χ4v) is 12.4. The lowest BCUT2D eigenvalue weighted by Crippen LogP contribution is -2.70. The molecule has 412 valence electrons. The van der Waals surface area contributed by atoms with Crippen molar-refractivity contribution < 1.29 is 43.6 Å². The van der Waals surface area contributed by atoms with E-state index in [1.165, 1.54) is 44.9 Å². The molecule has 2 aliphatic carbocycles. The Balaban J connectivity index is 1.23. The molecular weight excluding hydrogens is 969 g/mol. The zero-order valence-corrected chi connectivity index (χ0v) is 45.4. The minimum absolute atomic E-state index is 0.00627. The number of allylic oxidation sites excluding steroid dienone is 1. The van der Waals surface area contributed by atoms with Gasteiger partial charge < -0.3 is 44.2 Å². The van der Waals surface area contributed by atoms with E-state index in [0.29, 0.717) is 60.8 Å². The number of aliphatic hydroxyl groups is 2. The number of rotatable bonds is 29. The van der Waals surface area contributed by atoms with Crippen molar-refractivity contribution in [2.75, 3.05) is 33.0 Å². The monoisotopic (exact) mass is 1050 g/mol. The molecule has 0 bridgehead atoms. The summed E-state index contributed by atoms with van der Waals surface area (Å²) < 4.78 is 27.1. The van der Waals surface area contributed by atoms with Crippen LogP contribution in [0, 0.1) is 29.1 Å². The predicted molar refractivity (Wildman–Crippen MR) is 300 cm³/mol. The number of hydrogen-bond acceptors (Lipinski definition) is 11. The number of nitriles is 1. The summed E-state index contributed by atoms with van der Waals surface area (Å²) in [5, 5.41) is 40.1. The molecule has 4 aliphatic rings. The molecule has 2 heterocycles. The van der Waals surface area contributed by atoms with E-state index in [9.17, 15) is 20.3 Å². The molecule has 0 spiro atoms. The van der Waals surface area contributed by atoms with Crippen molar-refractivity contribution in [2.24, 2.45) is 22.9 Å². The van der Waals surface area contributed by atoms with Gasteiger partial charge in [0.2, 0.25) is 12.1 Å². The zero-order chi connectivity index (χ0) is 53.8. The van der Waals surface area contributed by atoms with E-state index in [0.717, 1.165) is 85.3 Å². The zero-order valence-electron chi connectivity index (χ0n) is 45.4. The van der Waals surface area contributed by atoms with E-state index in [1.54, 1.807) is 36.4 Å². The molecule has 0 aromatic heterocycles. The van der Waals surface area contributed by atoms with Crippen LogP contribution < -0.4 is 14.8 Å². The van der Waals surface area contributed by atoms with Crippen molar-refractivity contribution in [2.45, 2.75) is 166 Å².